The van der Waals surface area contributed by atoms with Gasteiger partial charge < -0.3 is 15.2 Å². The molecular weight excluding hydrogens is 252 g/mol. The van der Waals surface area contributed by atoms with E-state index >= 15 is 0 Å². The van der Waals surface area contributed by atoms with Crippen LogP contribution in [0.15, 0.2) is 18.2 Å². The molecule has 1 atom stereocenters. The van der Waals surface area contributed by atoms with Gasteiger partial charge in [-0.25, -0.2) is 8.78 Å². The number of aliphatic hydroxyl groups excluding tert-OH is 1. The summed E-state index contributed by atoms with van der Waals surface area (Å²) in [4.78, 5) is 0. The van der Waals surface area contributed by atoms with Crippen LogP contribution in [0.3, 0.4) is 0 Å². The van der Waals surface area contributed by atoms with Crippen LogP contribution in [-0.2, 0) is 11.3 Å². The Morgan fingerprint density at radius 1 is 1.37 bits per heavy atom. The molecule has 0 bridgehead atoms. The Balaban J connectivity index is 1.88. The van der Waals surface area contributed by atoms with Crippen molar-refractivity contribution in [3.05, 3.63) is 35.4 Å². The first-order chi connectivity index (χ1) is 9.15. The highest BCUT2D eigenvalue weighted by molar-refractivity contribution is 5.18. The van der Waals surface area contributed by atoms with Gasteiger partial charge in [-0.2, -0.15) is 0 Å². The summed E-state index contributed by atoms with van der Waals surface area (Å²) in [5.41, 5.74) is 0.380. The van der Waals surface area contributed by atoms with Crippen molar-refractivity contribution >= 4 is 0 Å². The Labute approximate surface area is 111 Å². The highest BCUT2D eigenvalue weighted by Crippen LogP contribution is 2.31. The van der Waals surface area contributed by atoms with E-state index in [0.29, 0.717) is 38.3 Å². The summed E-state index contributed by atoms with van der Waals surface area (Å²) >= 11 is 0. The van der Waals surface area contributed by atoms with Crippen LogP contribution in [0.25, 0.3) is 0 Å². The summed E-state index contributed by atoms with van der Waals surface area (Å²) in [5.74, 6) is -1.10. The van der Waals surface area contributed by atoms with Gasteiger partial charge in [-0.1, -0.05) is 6.07 Å². The predicted octanol–water partition coefficient (Wildman–Crippen LogP) is 1.84. The number of ether oxygens (including phenoxy) is 1. The lowest BCUT2D eigenvalue weighted by Crippen LogP contribution is -2.35. The van der Waals surface area contributed by atoms with E-state index in [4.69, 9.17) is 9.84 Å². The SMILES string of the molecule is OCCC1(CNCc2ccc(F)cc2F)CCOC1. The minimum atomic E-state index is -0.567. The lowest BCUT2D eigenvalue weighted by atomic mass is 9.84. The van der Waals surface area contributed by atoms with Crippen LogP contribution in [0.4, 0.5) is 8.78 Å². The molecule has 0 spiro atoms. The molecule has 1 aliphatic rings. The standard InChI is InChI=1S/C14H19F2NO2/c15-12-2-1-11(13(16)7-12)8-17-9-14(3-5-18)4-6-19-10-14/h1-2,7,17-18H,3-6,8-10H2. The average Bonchev–Trinajstić information content (AvgIpc) is 2.81. The van der Waals surface area contributed by atoms with Crippen LogP contribution in [0.2, 0.25) is 0 Å². The maximum Gasteiger partial charge on any atom is 0.130 e. The smallest absolute Gasteiger partial charge is 0.130 e. The molecule has 1 fully saturated rings. The Morgan fingerprint density at radius 2 is 2.21 bits per heavy atom. The lowest BCUT2D eigenvalue weighted by Gasteiger charge is -2.26. The monoisotopic (exact) mass is 271 g/mol. The number of benzene rings is 1. The van der Waals surface area contributed by atoms with Crippen LogP contribution < -0.4 is 5.32 Å². The molecule has 19 heavy (non-hydrogen) atoms. The highest BCUT2D eigenvalue weighted by Gasteiger charge is 2.33. The van der Waals surface area contributed by atoms with Crippen molar-refractivity contribution < 1.29 is 18.6 Å². The van der Waals surface area contributed by atoms with Gasteiger partial charge in [0.05, 0.1) is 6.61 Å². The van der Waals surface area contributed by atoms with Gasteiger partial charge in [0.15, 0.2) is 0 Å². The molecular formula is C14H19F2NO2. The molecule has 3 nitrogen and oxygen atoms in total. The van der Waals surface area contributed by atoms with Gasteiger partial charge in [0, 0.05) is 43.3 Å². The largest absolute Gasteiger partial charge is 0.396 e. The molecule has 1 saturated heterocycles. The van der Waals surface area contributed by atoms with Crippen LogP contribution in [0, 0.1) is 17.0 Å². The first kappa shape index (κ1) is 14.4. The van der Waals surface area contributed by atoms with Crippen molar-refractivity contribution in [2.75, 3.05) is 26.4 Å². The number of rotatable bonds is 6. The van der Waals surface area contributed by atoms with Crippen LogP contribution in [0.1, 0.15) is 18.4 Å². The summed E-state index contributed by atoms with van der Waals surface area (Å²) in [6, 6.07) is 3.59. The fourth-order valence-electron chi connectivity index (χ4n) is 2.44. The second kappa shape index (κ2) is 6.41. The number of aliphatic hydroxyl groups is 1. The minimum absolute atomic E-state index is 0.0642. The highest BCUT2D eigenvalue weighted by atomic mass is 19.1. The zero-order valence-electron chi connectivity index (χ0n) is 10.8. The molecule has 1 aromatic carbocycles. The second-order valence-electron chi connectivity index (χ2n) is 5.12. The molecule has 1 aliphatic heterocycles. The quantitative estimate of drug-likeness (QED) is 0.829. The van der Waals surface area contributed by atoms with E-state index in [1.807, 2.05) is 0 Å². The lowest BCUT2D eigenvalue weighted by molar-refractivity contribution is 0.124. The Hall–Kier alpha value is -1.04. The van der Waals surface area contributed by atoms with Crippen molar-refractivity contribution in [1.29, 1.82) is 0 Å². The van der Waals surface area contributed by atoms with Crippen LogP contribution >= 0.6 is 0 Å². The van der Waals surface area contributed by atoms with E-state index in [1.165, 1.54) is 12.1 Å². The van der Waals surface area contributed by atoms with Crippen molar-refractivity contribution in [1.82, 2.24) is 5.32 Å². The molecule has 1 aromatic rings. The van der Waals surface area contributed by atoms with Crippen molar-refractivity contribution in [2.45, 2.75) is 19.4 Å². The topological polar surface area (TPSA) is 41.5 Å². The van der Waals surface area contributed by atoms with Gasteiger partial charge in [-0.15, -0.1) is 0 Å². The van der Waals surface area contributed by atoms with E-state index in [2.05, 4.69) is 5.32 Å². The Kier molecular flexibility index (Phi) is 4.85. The maximum atomic E-state index is 13.4. The summed E-state index contributed by atoms with van der Waals surface area (Å²) in [6.07, 6.45) is 1.57. The molecule has 106 valence electrons. The average molecular weight is 271 g/mol. The van der Waals surface area contributed by atoms with Crippen LogP contribution in [0.5, 0.6) is 0 Å². The number of hydrogen-bond donors (Lipinski definition) is 2. The number of halogens is 2. The molecule has 1 unspecified atom stereocenters. The Morgan fingerprint density at radius 3 is 2.84 bits per heavy atom. The van der Waals surface area contributed by atoms with Gasteiger partial charge in [0.2, 0.25) is 0 Å². The molecule has 1 heterocycles. The second-order valence-corrected chi connectivity index (χ2v) is 5.12. The zero-order valence-corrected chi connectivity index (χ0v) is 10.8. The minimum Gasteiger partial charge on any atom is -0.396 e. The molecule has 0 saturated carbocycles. The van der Waals surface area contributed by atoms with Crippen molar-refractivity contribution in [3.63, 3.8) is 0 Å². The van der Waals surface area contributed by atoms with Gasteiger partial charge in [-0.05, 0) is 18.9 Å². The Bertz CT molecular complexity index is 420. The summed E-state index contributed by atoms with van der Waals surface area (Å²) in [6.45, 7) is 2.44. The maximum absolute atomic E-state index is 13.4. The van der Waals surface area contributed by atoms with Gasteiger partial charge in [0.25, 0.3) is 0 Å². The summed E-state index contributed by atoms with van der Waals surface area (Å²) in [7, 11) is 0. The zero-order chi connectivity index (χ0) is 13.7. The molecule has 5 heteroatoms. The van der Waals surface area contributed by atoms with Crippen molar-refractivity contribution in [2.24, 2.45) is 5.41 Å². The van der Waals surface area contributed by atoms with E-state index in [0.717, 1.165) is 12.5 Å². The van der Waals surface area contributed by atoms with Crippen molar-refractivity contribution in [3.8, 4) is 0 Å². The fraction of sp³-hybridized carbons (Fsp3) is 0.571. The molecule has 0 amide bonds. The fourth-order valence-corrected chi connectivity index (χ4v) is 2.44. The number of hydrogen-bond acceptors (Lipinski definition) is 3. The first-order valence-electron chi connectivity index (χ1n) is 6.48. The summed E-state index contributed by atoms with van der Waals surface area (Å²) < 4.78 is 31.6. The molecule has 0 aliphatic carbocycles. The third kappa shape index (κ3) is 3.72. The van der Waals surface area contributed by atoms with Gasteiger partial charge in [0.1, 0.15) is 11.6 Å². The molecule has 2 rings (SSSR count). The third-order valence-electron chi connectivity index (χ3n) is 3.66. The van der Waals surface area contributed by atoms with Gasteiger partial charge >= 0.3 is 0 Å². The molecule has 0 aromatic heterocycles. The normalized spacial score (nSPS) is 22.9. The van der Waals surface area contributed by atoms with E-state index in [-0.39, 0.29) is 12.0 Å². The van der Waals surface area contributed by atoms with Gasteiger partial charge in [-0.3, -0.25) is 0 Å². The molecule has 0 radical (unpaired) electrons. The predicted molar refractivity (Wildman–Crippen MR) is 67.6 cm³/mol. The van der Waals surface area contributed by atoms with E-state index in [1.54, 1.807) is 0 Å². The third-order valence-corrected chi connectivity index (χ3v) is 3.66. The molecule has 2 N–H and O–H groups in total. The first-order valence-corrected chi connectivity index (χ1v) is 6.48. The number of nitrogens with one attached hydrogen (secondary N) is 1. The van der Waals surface area contributed by atoms with Crippen LogP contribution in [-0.4, -0.2) is 31.5 Å². The van der Waals surface area contributed by atoms with E-state index < -0.39 is 11.6 Å². The summed E-state index contributed by atoms with van der Waals surface area (Å²) in [5, 5.41) is 12.3. The van der Waals surface area contributed by atoms with E-state index in [9.17, 15) is 8.78 Å².